The van der Waals surface area contributed by atoms with Gasteiger partial charge in [-0.05, 0) is 13.3 Å². The zero-order valence-corrected chi connectivity index (χ0v) is 9.27. The fraction of sp³-hybridized carbons (Fsp3) is 0.727. The number of fused-ring (bicyclic) bond motifs is 2. The summed E-state index contributed by atoms with van der Waals surface area (Å²) < 4.78 is 4.88. The lowest BCUT2D eigenvalue weighted by atomic mass is 9.76. The van der Waals surface area contributed by atoms with Gasteiger partial charge in [0, 0.05) is 25.4 Å². The number of likely N-dealkylation sites (tertiary alicyclic amines) is 1. The molecule has 1 amide bonds. The van der Waals surface area contributed by atoms with E-state index in [0.717, 1.165) is 0 Å². The average molecular weight is 225 g/mol. The Morgan fingerprint density at radius 1 is 1.44 bits per heavy atom. The minimum atomic E-state index is -0.600. The number of ketones is 2. The van der Waals surface area contributed by atoms with Gasteiger partial charge < -0.3 is 9.64 Å². The molecule has 2 unspecified atom stereocenters. The fourth-order valence-electron chi connectivity index (χ4n) is 2.37. The zero-order valence-electron chi connectivity index (χ0n) is 9.27. The Morgan fingerprint density at radius 2 is 2.19 bits per heavy atom. The minimum Gasteiger partial charge on any atom is -0.450 e. The van der Waals surface area contributed by atoms with Crippen molar-refractivity contribution in [2.24, 2.45) is 11.8 Å². The van der Waals surface area contributed by atoms with Crippen molar-refractivity contribution in [2.75, 3.05) is 19.7 Å². The van der Waals surface area contributed by atoms with Crippen LogP contribution in [0.3, 0.4) is 0 Å². The van der Waals surface area contributed by atoms with Crippen molar-refractivity contribution in [1.29, 1.82) is 0 Å². The molecule has 5 nitrogen and oxygen atoms in total. The summed E-state index contributed by atoms with van der Waals surface area (Å²) in [7, 11) is 0. The molecule has 2 bridgehead atoms. The third kappa shape index (κ3) is 1.81. The van der Waals surface area contributed by atoms with Crippen LogP contribution in [0.4, 0.5) is 4.79 Å². The molecule has 0 N–H and O–H groups in total. The van der Waals surface area contributed by atoms with Crippen molar-refractivity contribution in [3.05, 3.63) is 0 Å². The largest absolute Gasteiger partial charge is 0.450 e. The van der Waals surface area contributed by atoms with Crippen LogP contribution in [0.15, 0.2) is 0 Å². The van der Waals surface area contributed by atoms with Gasteiger partial charge in [-0.15, -0.1) is 0 Å². The summed E-state index contributed by atoms with van der Waals surface area (Å²) in [4.78, 5) is 36.3. The summed E-state index contributed by atoms with van der Waals surface area (Å²) in [5.41, 5.74) is 0. The standard InChI is InChI=1S/C11H15NO4/c1-2-16-11(15)12-5-7-3-4-9(13)8(6-12)10(7)14/h7-8H,2-6H2,1H3. The Labute approximate surface area is 93.7 Å². The molecule has 2 fully saturated rings. The Morgan fingerprint density at radius 3 is 2.88 bits per heavy atom. The highest BCUT2D eigenvalue weighted by Gasteiger charge is 2.44. The van der Waals surface area contributed by atoms with Gasteiger partial charge in [0.15, 0.2) is 0 Å². The second-order valence-electron chi connectivity index (χ2n) is 4.26. The molecule has 1 heterocycles. The number of hydrogen-bond acceptors (Lipinski definition) is 4. The molecular weight excluding hydrogens is 210 g/mol. The Hall–Kier alpha value is -1.39. The van der Waals surface area contributed by atoms with Crippen molar-refractivity contribution in [2.45, 2.75) is 19.8 Å². The third-order valence-corrected chi connectivity index (χ3v) is 3.24. The lowest BCUT2D eigenvalue weighted by Gasteiger charge is -2.38. The second kappa shape index (κ2) is 4.23. The highest BCUT2D eigenvalue weighted by molar-refractivity contribution is 6.06. The van der Waals surface area contributed by atoms with E-state index in [1.54, 1.807) is 6.92 Å². The summed E-state index contributed by atoms with van der Waals surface area (Å²) in [5, 5.41) is 0. The molecule has 2 rings (SSSR count). The first-order chi connectivity index (χ1) is 7.63. The van der Waals surface area contributed by atoms with E-state index in [0.29, 0.717) is 26.0 Å². The quantitative estimate of drug-likeness (QED) is 0.614. The molecule has 16 heavy (non-hydrogen) atoms. The molecule has 2 aliphatic rings. The van der Waals surface area contributed by atoms with Crippen LogP contribution in [0.25, 0.3) is 0 Å². The molecule has 1 saturated heterocycles. The van der Waals surface area contributed by atoms with Crippen LogP contribution in [0.5, 0.6) is 0 Å². The predicted octanol–water partition coefficient (Wildman–Crippen LogP) is 0.623. The number of amides is 1. The van der Waals surface area contributed by atoms with E-state index >= 15 is 0 Å². The lowest BCUT2D eigenvalue weighted by molar-refractivity contribution is -0.143. The highest BCUT2D eigenvalue weighted by Crippen LogP contribution is 2.29. The van der Waals surface area contributed by atoms with Crippen LogP contribution in [0.2, 0.25) is 0 Å². The Kier molecular flexibility index (Phi) is 2.94. The zero-order chi connectivity index (χ0) is 11.7. The first-order valence-electron chi connectivity index (χ1n) is 5.61. The average Bonchev–Trinajstić information content (AvgIpc) is 2.24. The van der Waals surface area contributed by atoms with E-state index in [1.807, 2.05) is 0 Å². The van der Waals surface area contributed by atoms with Gasteiger partial charge in [-0.2, -0.15) is 0 Å². The van der Waals surface area contributed by atoms with Crippen molar-refractivity contribution in [3.63, 3.8) is 0 Å². The van der Waals surface area contributed by atoms with Gasteiger partial charge >= 0.3 is 6.09 Å². The molecule has 0 radical (unpaired) electrons. The van der Waals surface area contributed by atoms with Crippen LogP contribution >= 0.6 is 0 Å². The van der Waals surface area contributed by atoms with Crippen molar-refractivity contribution >= 4 is 17.7 Å². The van der Waals surface area contributed by atoms with Gasteiger partial charge in [-0.25, -0.2) is 4.79 Å². The molecule has 88 valence electrons. The van der Waals surface area contributed by atoms with E-state index < -0.39 is 12.0 Å². The number of rotatable bonds is 1. The van der Waals surface area contributed by atoms with E-state index in [9.17, 15) is 14.4 Å². The summed E-state index contributed by atoms with van der Waals surface area (Å²) in [5.74, 6) is -0.787. The molecule has 0 aromatic heterocycles. The van der Waals surface area contributed by atoms with Gasteiger partial charge in [0.05, 0.1) is 12.5 Å². The van der Waals surface area contributed by atoms with Crippen molar-refractivity contribution in [1.82, 2.24) is 4.90 Å². The van der Waals surface area contributed by atoms with Gasteiger partial charge in [-0.1, -0.05) is 0 Å². The molecule has 0 spiro atoms. The number of carbonyl (C=O) groups is 3. The van der Waals surface area contributed by atoms with E-state index in [-0.39, 0.29) is 24.0 Å². The first kappa shape index (κ1) is 11.1. The normalized spacial score (nSPS) is 29.2. The smallest absolute Gasteiger partial charge is 0.409 e. The molecule has 2 atom stereocenters. The summed E-state index contributed by atoms with van der Waals surface area (Å²) in [6.45, 7) is 2.65. The summed E-state index contributed by atoms with van der Waals surface area (Å²) in [6, 6.07) is 0. The van der Waals surface area contributed by atoms with Gasteiger partial charge in [0.1, 0.15) is 11.6 Å². The minimum absolute atomic E-state index is 0.0109. The highest BCUT2D eigenvalue weighted by atomic mass is 16.6. The SMILES string of the molecule is CCOC(=O)N1CC2CCC(=O)C(C1)C2=O. The maximum Gasteiger partial charge on any atom is 0.409 e. The number of Topliss-reactive ketones (excluding diaryl/α,β-unsaturated/α-hetero) is 2. The van der Waals surface area contributed by atoms with Gasteiger partial charge in [-0.3, -0.25) is 9.59 Å². The summed E-state index contributed by atoms with van der Waals surface area (Å²) >= 11 is 0. The second-order valence-corrected chi connectivity index (χ2v) is 4.26. The fourth-order valence-corrected chi connectivity index (χ4v) is 2.37. The molecular formula is C11H15NO4. The maximum atomic E-state index is 11.7. The summed E-state index contributed by atoms with van der Waals surface area (Å²) in [6.07, 6.45) is 0.627. The maximum absolute atomic E-state index is 11.7. The third-order valence-electron chi connectivity index (χ3n) is 3.24. The van der Waals surface area contributed by atoms with Crippen LogP contribution in [-0.4, -0.2) is 42.3 Å². The van der Waals surface area contributed by atoms with Crippen LogP contribution in [-0.2, 0) is 14.3 Å². The number of nitrogens with zero attached hydrogens (tertiary/aromatic N) is 1. The number of carbonyl (C=O) groups excluding carboxylic acids is 3. The molecule has 5 heteroatoms. The first-order valence-corrected chi connectivity index (χ1v) is 5.61. The van der Waals surface area contributed by atoms with E-state index in [1.165, 1.54) is 4.90 Å². The van der Waals surface area contributed by atoms with E-state index in [2.05, 4.69) is 0 Å². The van der Waals surface area contributed by atoms with Gasteiger partial charge in [0.2, 0.25) is 0 Å². The topological polar surface area (TPSA) is 63.7 Å². The molecule has 1 aliphatic heterocycles. The monoisotopic (exact) mass is 225 g/mol. The Balaban J connectivity index is 2.09. The van der Waals surface area contributed by atoms with Crippen LogP contribution in [0, 0.1) is 11.8 Å². The van der Waals surface area contributed by atoms with Gasteiger partial charge in [0.25, 0.3) is 0 Å². The number of piperidine rings is 1. The molecule has 0 aromatic carbocycles. The van der Waals surface area contributed by atoms with Crippen molar-refractivity contribution < 1.29 is 19.1 Å². The molecule has 1 aliphatic carbocycles. The lowest BCUT2D eigenvalue weighted by Crippen LogP contribution is -2.54. The Bertz CT molecular complexity index is 339. The van der Waals surface area contributed by atoms with Crippen LogP contribution in [0.1, 0.15) is 19.8 Å². The van der Waals surface area contributed by atoms with Crippen LogP contribution < -0.4 is 0 Å². The predicted molar refractivity (Wildman–Crippen MR) is 54.8 cm³/mol. The van der Waals surface area contributed by atoms with Crippen molar-refractivity contribution in [3.8, 4) is 0 Å². The number of ether oxygens (including phenoxy) is 1. The number of hydrogen-bond donors (Lipinski definition) is 0. The molecule has 1 saturated carbocycles. The van der Waals surface area contributed by atoms with E-state index in [4.69, 9.17) is 4.74 Å². The molecule has 0 aromatic rings.